The van der Waals surface area contributed by atoms with Crippen molar-refractivity contribution in [3.63, 3.8) is 0 Å². The predicted molar refractivity (Wildman–Crippen MR) is 57.6 cm³/mol. The third-order valence-corrected chi connectivity index (χ3v) is 2.23. The minimum Gasteiger partial charge on any atom is -0.471 e. The number of hydrogen-bond donors (Lipinski definition) is 1. The van der Waals surface area contributed by atoms with Gasteiger partial charge in [-0.2, -0.15) is 0 Å². The molecule has 1 unspecified atom stereocenters. The molecule has 0 aliphatic rings. The van der Waals surface area contributed by atoms with Crippen LogP contribution in [0.25, 0.3) is 0 Å². The van der Waals surface area contributed by atoms with Crippen LogP contribution in [0.5, 0.6) is 5.88 Å². The molecule has 0 saturated carbocycles. The van der Waals surface area contributed by atoms with E-state index in [-0.39, 0.29) is 18.3 Å². The molecule has 0 aliphatic carbocycles. The van der Waals surface area contributed by atoms with Crippen LogP contribution in [-0.4, -0.2) is 17.5 Å². The fraction of sp³-hybridized carbons (Fsp3) is 0.545. The SMILES string of the molecule is CCC(F)(F)COc1ccc(C(C)N)cn1. The molecule has 0 aromatic carbocycles. The molecule has 0 aliphatic heterocycles. The van der Waals surface area contributed by atoms with Gasteiger partial charge in [-0.25, -0.2) is 13.8 Å². The Kier molecular flexibility index (Phi) is 4.18. The lowest BCUT2D eigenvalue weighted by Crippen LogP contribution is -2.24. The Balaban J connectivity index is 2.56. The standard InChI is InChI=1S/C11H16F2N2O/c1-3-11(12,13)7-16-10-5-4-9(6-15-10)8(2)14/h4-6,8H,3,7,14H2,1-2H3. The number of alkyl halides is 2. The lowest BCUT2D eigenvalue weighted by atomic mass is 10.2. The summed E-state index contributed by atoms with van der Waals surface area (Å²) in [6.45, 7) is 2.59. The molecule has 1 aromatic heterocycles. The second kappa shape index (κ2) is 5.21. The maximum absolute atomic E-state index is 12.9. The van der Waals surface area contributed by atoms with Crippen molar-refractivity contribution in [2.45, 2.75) is 32.2 Å². The van der Waals surface area contributed by atoms with E-state index in [0.29, 0.717) is 0 Å². The first-order chi connectivity index (χ1) is 7.44. The molecule has 1 aromatic rings. The smallest absolute Gasteiger partial charge is 0.281 e. The average Bonchev–Trinajstić information content (AvgIpc) is 2.27. The molecule has 3 nitrogen and oxygen atoms in total. The van der Waals surface area contributed by atoms with Crippen LogP contribution in [-0.2, 0) is 0 Å². The van der Waals surface area contributed by atoms with Gasteiger partial charge < -0.3 is 10.5 Å². The quantitative estimate of drug-likeness (QED) is 0.845. The van der Waals surface area contributed by atoms with E-state index in [2.05, 4.69) is 4.98 Å². The van der Waals surface area contributed by atoms with Crippen LogP contribution in [0.1, 0.15) is 31.9 Å². The van der Waals surface area contributed by atoms with E-state index in [1.54, 1.807) is 12.1 Å². The van der Waals surface area contributed by atoms with Crippen molar-refractivity contribution in [1.29, 1.82) is 0 Å². The summed E-state index contributed by atoms with van der Waals surface area (Å²) in [5.41, 5.74) is 6.47. The van der Waals surface area contributed by atoms with Gasteiger partial charge in [-0.1, -0.05) is 13.0 Å². The second-order valence-electron chi connectivity index (χ2n) is 3.72. The first-order valence-corrected chi connectivity index (χ1v) is 5.17. The van der Waals surface area contributed by atoms with Crippen LogP contribution in [0, 0.1) is 0 Å². The van der Waals surface area contributed by atoms with Crippen molar-refractivity contribution in [3.05, 3.63) is 23.9 Å². The molecule has 0 radical (unpaired) electrons. The largest absolute Gasteiger partial charge is 0.471 e. The van der Waals surface area contributed by atoms with Crippen LogP contribution < -0.4 is 10.5 Å². The number of hydrogen-bond acceptors (Lipinski definition) is 3. The summed E-state index contributed by atoms with van der Waals surface area (Å²) < 4.78 is 30.6. The van der Waals surface area contributed by atoms with Gasteiger partial charge in [0.05, 0.1) is 0 Å². The highest BCUT2D eigenvalue weighted by Crippen LogP contribution is 2.19. The van der Waals surface area contributed by atoms with Crippen LogP contribution >= 0.6 is 0 Å². The summed E-state index contributed by atoms with van der Waals surface area (Å²) in [4.78, 5) is 3.90. The van der Waals surface area contributed by atoms with Gasteiger partial charge in [-0.3, -0.25) is 0 Å². The van der Waals surface area contributed by atoms with Crippen LogP contribution in [0.4, 0.5) is 8.78 Å². The molecule has 1 heterocycles. The average molecular weight is 230 g/mol. The Morgan fingerprint density at radius 3 is 2.62 bits per heavy atom. The van der Waals surface area contributed by atoms with Gasteiger partial charge in [-0.15, -0.1) is 0 Å². The summed E-state index contributed by atoms with van der Waals surface area (Å²) >= 11 is 0. The van der Waals surface area contributed by atoms with Gasteiger partial charge in [0, 0.05) is 24.7 Å². The summed E-state index contributed by atoms with van der Waals surface area (Å²) in [6, 6.07) is 3.14. The van der Waals surface area contributed by atoms with E-state index in [0.717, 1.165) is 5.56 Å². The molecule has 1 rings (SSSR count). The minimum atomic E-state index is -2.80. The van der Waals surface area contributed by atoms with Crippen molar-refractivity contribution < 1.29 is 13.5 Å². The van der Waals surface area contributed by atoms with E-state index >= 15 is 0 Å². The van der Waals surface area contributed by atoms with E-state index in [9.17, 15) is 8.78 Å². The third kappa shape index (κ3) is 3.73. The maximum atomic E-state index is 12.9. The van der Waals surface area contributed by atoms with Gasteiger partial charge in [0.2, 0.25) is 5.88 Å². The van der Waals surface area contributed by atoms with Gasteiger partial charge in [0.1, 0.15) is 0 Å². The first kappa shape index (κ1) is 12.8. The normalized spacial score (nSPS) is 13.6. The zero-order valence-corrected chi connectivity index (χ0v) is 9.41. The fourth-order valence-corrected chi connectivity index (χ4v) is 1.03. The molecular formula is C11H16F2N2O. The summed E-state index contributed by atoms with van der Waals surface area (Å²) in [7, 11) is 0. The highest BCUT2D eigenvalue weighted by molar-refractivity contribution is 5.20. The zero-order chi connectivity index (χ0) is 12.2. The van der Waals surface area contributed by atoms with Crippen LogP contribution in [0.2, 0.25) is 0 Å². The molecule has 1 atom stereocenters. The zero-order valence-electron chi connectivity index (χ0n) is 9.41. The second-order valence-corrected chi connectivity index (χ2v) is 3.72. The topological polar surface area (TPSA) is 48.1 Å². The number of pyridine rings is 1. The number of ether oxygens (including phenoxy) is 1. The van der Waals surface area contributed by atoms with Crippen molar-refractivity contribution in [1.82, 2.24) is 4.98 Å². The van der Waals surface area contributed by atoms with Gasteiger partial charge >= 0.3 is 0 Å². The Hall–Kier alpha value is -1.23. The number of nitrogens with two attached hydrogens (primary N) is 1. The highest BCUT2D eigenvalue weighted by Gasteiger charge is 2.27. The molecular weight excluding hydrogens is 214 g/mol. The van der Waals surface area contributed by atoms with Gasteiger partial charge in [-0.05, 0) is 12.5 Å². The van der Waals surface area contributed by atoms with Crippen molar-refractivity contribution in [2.24, 2.45) is 5.73 Å². The molecule has 0 amide bonds. The maximum Gasteiger partial charge on any atom is 0.281 e. The van der Waals surface area contributed by atoms with Crippen molar-refractivity contribution in [3.8, 4) is 5.88 Å². The lowest BCUT2D eigenvalue weighted by molar-refractivity contribution is -0.0447. The summed E-state index contributed by atoms with van der Waals surface area (Å²) in [6.07, 6.45) is 1.29. The van der Waals surface area contributed by atoms with Crippen molar-refractivity contribution in [2.75, 3.05) is 6.61 Å². The van der Waals surface area contributed by atoms with E-state index in [1.807, 2.05) is 6.92 Å². The summed E-state index contributed by atoms with van der Waals surface area (Å²) in [5.74, 6) is -2.61. The van der Waals surface area contributed by atoms with Crippen LogP contribution in [0.15, 0.2) is 18.3 Å². The molecule has 0 fully saturated rings. The van der Waals surface area contributed by atoms with Crippen molar-refractivity contribution >= 4 is 0 Å². The van der Waals surface area contributed by atoms with E-state index in [4.69, 9.17) is 10.5 Å². The fourth-order valence-electron chi connectivity index (χ4n) is 1.03. The van der Waals surface area contributed by atoms with E-state index in [1.165, 1.54) is 13.1 Å². The van der Waals surface area contributed by atoms with E-state index < -0.39 is 12.5 Å². The molecule has 5 heteroatoms. The van der Waals surface area contributed by atoms with Gasteiger partial charge in [0.15, 0.2) is 6.61 Å². The Morgan fingerprint density at radius 1 is 1.50 bits per heavy atom. The molecule has 0 bridgehead atoms. The van der Waals surface area contributed by atoms with Gasteiger partial charge in [0.25, 0.3) is 5.92 Å². The molecule has 0 spiro atoms. The van der Waals surface area contributed by atoms with Crippen LogP contribution in [0.3, 0.4) is 0 Å². The Morgan fingerprint density at radius 2 is 2.19 bits per heavy atom. The number of halogens is 2. The first-order valence-electron chi connectivity index (χ1n) is 5.17. The number of nitrogens with zero attached hydrogens (tertiary/aromatic N) is 1. The monoisotopic (exact) mass is 230 g/mol. The predicted octanol–water partition coefficient (Wildman–Crippen LogP) is 2.53. The third-order valence-electron chi connectivity index (χ3n) is 2.23. The number of aromatic nitrogens is 1. The molecule has 90 valence electrons. The Labute approximate surface area is 93.6 Å². The lowest BCUT2D eigenvalue weighted by Gasteiger charge is -2.14. The minimum absolute atomic E-state index is 0.126. The Bertz CT molecular complexity index is 325. The molecule has 2 N–H and O–H groups in total. The molecule has 16 heavy (non-hydrogen) atoms. The summed E-state index contributed by atoms with van der Waals surface area (Å²) in [5, 5.41) is 0. The molecule has 0 saturated heterocycles. The number of rotatable bonds is 5. The highest BCUT2D eigenvalue weighted by atomic mass is 19.3.